The number of methoxy groups -OCH3 is 1. The van der Waals surface area contributed by atoms with Crippen LogP contribution in [0.25, 0.3) is 0 Å². The summed E-state index contributed by atoms with van der Waals surface area (Å²) in [4.78, 5) is 4.35. The van der Waals surface area contributed by atoms with Gasteiger partial charge in [-0.3, -0.25) is 9.80 Å². The van der Waals surface area contributed by atoms with E-state index in [1.807, 2.05) is 6.92 Å². The Morgan fingerprint density at radius 3 is 0.950 bits per heavy atom. The van der Waals surface area contributed by atoms with E-state index in [0.29, 0.717) is 72.3 Å². The summed E-state index contributed by atoms with van der Waals surface area (Å²) in [6.45, 7) is 15.1. The third-order valence-corrected chi connectivity index (χ3v) is 11.8. The van der Waals surface area contributed by atoms with Gasteiger partial charge in [0.1, 0.15) is 0 Å². The zero-order chi connectivity index (χ0) is 44.0. The molecule has 0 bridgehead atoms. The summed E-state index contributed by atoms with van der Waals surface area (Å²) >= 11 is 0. The molecule has 9 nitrogen and oxygen atoms in total. The first-order valence-corrected chi connectivity index (χ1v) is 26.1. The van der Waals surface area contributed by atoms with Gasteiger partial charge in [0.15, 0.2) is 0 Å². The average molecular weight is 859 g/mol. The molecule has 0 heterocycles. The normalized spacial score (nSPS) is 14.1. The first-order valence-electron chi connectivity index (χ1n) is 26.1. The molecule has 0 aromatic rings. The molecule has 3 N–H and O–H groups in total. The zero-order valence-corrected chi connectivity index (χ0v) is 40.9. The molecule has 0 aliphatic rings. The highest BCUT2D eigenvalue weighted by Crippen LogP contribution is 2.14. The minimum absolute atomic E-state index is 0.102. The van der Waals surface area contributed by atoms with E-state index >= 15 is 0 Å². The molecule has 0 rings (SSSR count). The van der Waals surface area contributed by atoms with Gasteiger partial charge in [-0.1, -0.05) is 194 Å². The van der Waals surface area contributed by atoms with Crippen molar-refractivity contribution >= 4 is 0 Å². The van der Waals surface area contributed by atoms with E-state index in [1.165, 1.54) is 173 Å². The lowest BCUT2D eigenvalue weighted by atomic mass is 10.1. The molecule has 0 amide bonds. The Labute approximate surface area is 373 Å². The molecule has 60 heavy (non-hydrogen) atoms. The number of aliphatic hydroxyl groups excluding tert-OH is 3. The fourth-order valence-corrected chi connectivity index (χ4v) is 8.08. The molecule has 362 valence electrons. The largest absolute Gasteiger partial charge is 0.392 e. The van der Waals surface area contributed by atoms with Gasteiger partial charge in [-0.25, -0.2) is 0 Å². The van der Waals surface area contributed by atoms with Crippen LogP contribution in [-0.2, 0) is 18.9 Å². The Morgan fingerprint density at radius 2 is 0.650 bits per heavy atom. The highest BCUT2D eigenvalue weighted by atomic mass is 16.5. The van der Waals surface area contributed by atoms with Gasteiger partial charge in [0, 0.05) is 66.2 Å². The Kier molecular flexibility index (Phi) is 47.8. The molecule has 4 atom stereocenters. The average Bonchev–Trinajstić information content (AvgIpc) is 3.23. The van der Waals surface area contributed by atoms with Crippen LogP contribution in [0.15, 0.2) is 0 Å². The maximum absolute atomic E-state index is 11.0. The number of nitrogens with zero attached hydrogens (tertiary/aromatic N) is 2. The molecule has 0 aliphatic heterocycles. The topological polar surface area (TPSA) is 104 Å². The fraction of sp³-hybridized carbons (Fsp3) is 1.00. The second kappa shape index (κ2) is 48.1. The number of unbranched alkanes of at least 4 members (excludes halogenated alkanes) is 27. The van der Waals surface area contributed by atoms with Gasteiger partial charge < -0.3 is 34.3 Å². The van der Waals surface area contributed by atoms with Crippen LogP contribution in [0.3, 0.4) is 0 Å². The number of aliphatic hydroxyl groups is 3. The second-order valence-corrected chi connectivity index (χ2v) is 18.3. The maximum Gasteiger partial charge on any atom is 0.0931 e. The smallest absolute Gasteiger partial charge is 0.0931 e. The number of rotatable bonds is 51. The second-order valence-electron chi connectivity index (χ2n) is 18.3. The third kappa shape index (κ3) is 44.3. The molecule has 0 aromatic heterocycles. The van der Waals surface area contributed by atoms with Crippen LogP contribution in [0.4, 0.5) is 0 Å². The molecule has 9 heteroatoms. The van der Waals surface area contributed by atoms with Gasteiger partial charge in [-0.15, -0.1) is 0 Å². The van der Waals surface area contributed by atoms with Crippen molar-refractivity contribution in [2.75, 3.05) is 86.0 Å². The summed E-state index contributed by atoms with van der Waals surface area (Å²) in [5, 5.41) is 32.5. The van der Waals surface area contributed by atoms with Crippen molar-refractivity contribution in [2.24, 2.45) is 0 Å². The SMILES string of the molecule is CCCCCCCCCCCCOCC(O)CN(CCN(CC(C)O)CC(COCCCCCCCCCCCC)OC)CC(O)COCCCCCCCCCCCC. The lowest BCUT2D eigenvalue weighted by molar-refractivity contribution is -0.0256. The molecule has 0 aliphatic carbocycles. The van der Waals surface area contributed by atoms with Crippen molar-refractivity contribution < 1.29 is 34.3 Å². The van der Waals surface area contributed by atoms with Crippen LogP contribution in [0.2, 0.25) is 0 Å². The van der Waals surface area contributed by atoms with Gasteiger partial charge >= 0.3 is 0 Å². The van der Waals surface area contributed by atoms with Crippen LogP contribution < -0.4 is 0 Å². The van der Waals surface area contributed by atoms with E-state index in [-0.39, 0.29) is 6.10 Å². The summed E-state index contributed by atoms with van der Waals surface area (Å²) in [6, 6.07) is 0. The molecular formula is C51H106N2O7. The predicted octanol–water partition coefficient (Wildman–Crippen LogP) is 11.5. The van der Waals surface area contributed by atoms with Crippen molar-refractivity contribution in [2.45, 2.75) is 245 Å². The van der Waals surface area contributed by atoms with Crippen molar-refractivity contribution in [1.82, 2.24) is 9.80 Å². The molecule has 0 radical (unpaired) electrons. The minimum Gasteiger partial charge on any atom is -0.392 e. The quantitative estimate of drug-likeness (QED) is 0.0516. The zero-order valence-electron chi connectivity index (χ0n) is 40.9. The molecule has 0 aromatic carbocycles. The Balaban J connectivity index is 4.82. The predicted molar refractivity (Wildman–Crippen MR) is 255 cm³/mol. The first-order chi connectivity index (χ1) is 29.4. The number of hydrogen-bond donors (Lipinski definition) is 3. The molecule has 0 fully saturated rings. The van der Waals surface area contributed by atoms with E-state index in [1.54, 1.807) is 7.11 Å². The lowest BCUT2D eigenvalue weighted by Crippen LogP contribution is -2.47. The van der Waals surface area contributed by atoms with E-state index in [9.17, 15) is 15.3 Å². The van der Waals surface area contributed by atoms with Gasteiger partial charge in [0.2, 0.25) is 0 Å². The Morgan fingerprint density at radius 1 is 0.367 bits per heavy atom. The monoisotopic (exact) mass is 859 g/mol. The summed E-state index contributed by atoms with van der Waals surface area (Å²) < 4.78 is 23.8. The summed E-state index contributed by atoms with van der Waals surface area (Å²) in [7, 11) is 1.74. The maximum atomic E-state index is 11.0. The highest BCUT2D eigenvalue weighted by Gasteiger charge is 2.20. The first kappa shape index (κ1) is 59.6. The van der Waals surface area contributed by atoms with Gasteiger partial charge in [0.05, 0.1) is 44.2 Å². The van der Waals surface area contributed by atoms with Crippen LogP contribution in [-0.4, -0.2) is 136 Å². The third-order valence-electron chi connectivity index (χ3n) is 11.8. The Hall–Kier alpha value is -0.360. The van der Waals surface area contributed by atoms with Crippen molar-refractivity contribution in [1.29, 1.82) is 0 Å². The van der Waals surface area contributed by atoms with Crippen LogP contribution in [0.5, 0.6) is 0 Å². The van der Waals surface area contributed by atoms with Crippen LogP contribution in [0, 0.1) is 0 Å². The molecule has 0 saturated heterocycles. The molecule has 4 unspecified atom stereocenters. The van der Waals surface area contributed by atoms with Crippen LogP contribution in [0.1, 0.15) is 220 Å². The summed E-state index contributed by atoms with van der Waals surface area (Å²) in [5.74, 6) is 0. The Bertz CT molecular complexity index is 773. The van der Waals surface area contributed by atoms with Gasteiger partial charge in [-0.05, 0) is 26.2 Å². The fourth-order valence-electron chi connectivity index (χ4n) is 8.08. The van der Waals surface area contributed by atoms with E-state index < -0.39 is 18.3 Å². The minimum atomic E-state index is -0.649. The lowest BCUT2D eigenvalue weighted by Gasteiger charge is -2.32. The molecule has 0 spiro atoms. The molecule has 0 saturated carbocycles. The number of hydrogen-bond acceptors (Lipinski definition) is 9. The van der Waals surface area contributed by atoms with Crippen LogP contribution >= 0.6 is 0 Å². The number of ether oxygens (including phenoxy) is 4. The van der Waals surface area contributed by atoms with Gasteiger partial charge in [0.25, 0.3) is 0 Å². The molecular weight excluding hydrogens is 753 g/mol. The van der Waals surface area contributed by atoms with Gasteiger partial charge in [-0.2, -0.15) is 0 Å². The van der Waals surface area contributed by atoms with Crippen molar-refractivity contribution in [3.8, 4) is 0 Å². The highest BCUT2D eigenvalue weighted by molar-refractivity contribution is 4.74. The van der Waals surface area contributed by atoms with Crippen molar-refractivity contribution in [3.05, 3.63) is 0 Å². The van der Waals surface area contributed by atoms with Crippen molar-refractivity contribution in [3.63, 3.8) is 0 Å². The summed E-state index contributed by atoms with van der Waals surface area (Å²) in [5.41, 5.74) is 0. The van der Waals surface area contributed by atoms with E-state index in [0.717, 1.165) is 25.9 Å². The van der Waals surface area contributed by atoms with E-state index in [2.05, 4.69) is 30.6 Å². The standard InChI is InChI=1S/C51H106N2O7/c1-6-9-12-15-18-21-24-27-30-33-38-58-45-49(55)42-53(43-50(56)46-59-39-34-31-28-25-22-19-16-13-10-7-2)37-36-52(41-48(4)54)44-51(57-5)47-60-40-35-32-29-26-23-20-17-14-11-8-3/h48-51,54-56H,6-47H2,1-5H3. The van der Waals surface area contributed by atoms with E-state index in [4.69, 9.17) is 18.9 Å². The summed E-state index contributed by atoms with van der Waals surface area (Å²) in [6.07, 6.45) is 36.9.